The number of carbonyl (C=O) groups is 4. The Morgan fingerprint density at radius 3 is 2.10 bits per heavy atom. The minimum absolute atomic E-state index is 0.156. The lowest BCUT2D eigenvalue weighted by Crippen LogP contribution is -2.54. The fraction of sp³-hybridized carbons (Fsp3) is 0.636. The molecule has 0 spiro atoms. The molecule has 0 aliphatic carbocycles. The Morgan fingerprint density at radius 1 is 1.24 bits per heavy atom. The first-order valence-electron chi connectivity index (χ1n) is 5.96. The number of halogens is 1. The highest BCUT2D eigenvalue weighted by molar-refractivity contribution is 9.10. The van der Waals surface area contributed by atoms with Gasteiger partial charge in [0.15, 0.2) is 9.84 Å². The summed E-state index contributed by atoms with van der Waals surface area (Å²) in [6.07, 6.45) is -0.311. The van der Waals surface area contributed by atoms with E-state index in [1.54, 1.807) is 0 Å². The van der Waals surface area contributed by atoms with E-state index in [-0.39, 0.29) is 12.8 Å². The van der Waals surface area contributed by atoms with Crippen LogP contribution in [0.25, 0.3) is 0 Å². The molecule has 8 nitrogen and oxygen atoms in total. The van der Waals surface area contributed by atoms with Gasteiger partial charge in [0.2, 0.25) is 11.8 Å². The molecule has 0 aromatic carbocycles. The molecule has 2 amide bonds. The highest BCUT2D eigenvalue weighted by atomic mass is 79.9. The molecule has 1 rings (SSSR count). The van der Waals surface area contributed by atoms with Crippen molar-refractivity contribution in [2.24, 2.45) is 0 Å². The lowest BCUT2D eigenvalue weighted by atomic mass is 10.3. The number of ketones is 1. The molecule has 118 valence electrons. The van der Waals surface area contributed by atoms with Gasteiger partial charge in [0.1, 0.15) is 5.78 Å². The van der Waals surface area contributed by atoms with Crippen molar-refractivity contribution in [3.63, 3.8) is 0 Å². The van der Waals surface area contributed by atoms with Crippen molar-refractivity contribution in [2.75, 3.05) is 11.5 Å². The van der Waals surface area contributed by atoms with Crippen LogP contribution in [-0.4, -0.2) is 59.3 Å². The molecule has 2 atom stereocenters. The van der Waals surface area contributed by atoms with Gasteiger partial charge in [0, 0.05) is 12.8 Å². The Bertz CT molecular complexity index is 569. The number of Topliss-reactive ketones (excluding diaryl/α,β-unsaturated/α-hetero) is 1. The SMILES string of the molecule is CC(=O)C(Br)CS(=O)(=O)CC(C(=O)[O-])N1C(=O)CCC1=O. The molecule has 10 heteroatoms. The topological polar surface area (TPSA) is 129 Å². The van der Waals surface area contributed by atoms with Gasteiger partial charge in [-0.25, -0.2) is 8.42 Å². The van der Waals surface area contributed by atoms with Crippen molar-refractivity contribution in [1.29, 1.82) is 0 Å². The van der Waals surface area contributed by atoms with Crippen molar-refractivity contribution in [3.8, 4) is 0 Å². The zero-order valence-electron chi connectivity index (χ0n) is 11.1. The van der Waals surface area contributed by atoms with Crippen LogP contribution in [0.2, 0.25) is 0 Å². The maximum atomic E-state index is 11.9. The highest BCUT2D eigenvalue weighted by Gasteiger charge is 2.38. The standard InChI is InChI=1S/C11H14BrNO7S/c1-6(14)7(12)4-21(19,20)5-8(11(17)18)13-9(15)2-3-10(13)16/h7-8H,2-5H2,1H3,(H,17,18)/p-1. The lowest BCUT2D eigenvalue weighted by Gasteiger charge is -2.27. The van der Waals surface area contributed by atoms with Crippen LogP contribution in [0.1, 0.15) is 19.8 Å². The van der Waals surface area contributed by atoms with E-state index in [2.05, 4.69) is 15.9 Å². The summed E-state index contributed by atoms with van der Waals surface area (Å²) in [6.45, 7) is 1.18. The monoisotopic (exact) mass is 382 g/mol. The van der Waals surface area contributed by atoms with Crippen LogP contribution >= 0.6 is 15.9 Å². The molecule has 21 heavy (non-hydrogen) atoms. The molecule has 0 N–H and O–H groups in total. The smallest absolute Gasteiger partial charge is 0.230 e. The van der Waals surface area contributed by atoms with E-state index >= 15 is 0 Å². The van der Waals surface area contributed by atoms with Crippen LogP contribution in [-0.2, 0) is 29.0 Å². The zero-order valence-corrected chi connectivity index (χ0v) is 13.5. The van der Waals surface area contributed by atoms with Gasteiger partial charge in [-0.3, -0.25) is 19.3 Å². The molecule has 1 saturated heterocycles. The number of carboxylic acids is 1. The number of hydrogen-bond acceptors (Lipinski definition) is 7. The molecule has 0 aromatic heterocycles. The van der Waals surface area contributed by atoms with Crippen LogP contribution in [0.4, 0.5) is 0 Å². The molecule has 1 fully saturated rings. The normalized spacial score (nSPS) is 18.7. The van der Waals surface area contributed by atoms with Crippen LogP contribution in [0.15, 0.2) is 0 Å². The second-order valence-corrected chi connectivity index (χ2v) is 7.91. The van der Waals surface area contributed by atoms with Crippen LogP contribution in [0.5, 0.6) is 0 Å². The summed E-state index contributed by atoms with van der Waals surface area (Å²) in [7, 11) is -3.99. The minimum atomic E-state index is -3.99. The van der Waals surface area contributed by atoms with E-state index in [9.17, 15) is 32.7 Å². The van der Waals surface area contributed by atoms with Crippen LogP contribution < -0.4 is 5.11 Å². The van der Waals surface area contributed by atoms with E-state index in [0.29, 0.717) is 4.90 Å². The van der Waals surface area contributed by atoms with Crippen molar-refractivity contribution in [2.45, 2.75) is 30.6 Å². The number of sulfone groups is 1. The van der Waals surface area contributed by atoms with Crippen molar-refractivity contribution >= 4 is 49.3 Å². The number of carboxylic acid groups (broad SMARTS) is 1. The molecule has 0 bridgehead atoms. The fourth-order valence-electron chi connectivity index (χ4n) is 1.84. The van der Waals surface area contributed by atoms with E-state index in [1.807, 2.05) is 0 Å². The Balaban J connectivity index is 2.93. The summed E-state index contributed by atoms with van der Waals surface area (Å²) in [5.74, 6) is -5.34. The van der Waals surface area contributed by atoms with Crippen molar-refractivity contribution < 1.29 is 32.7 Å². The third-order valence-electron chi connectivity index (χ3n) is 2.93. The Labute approximate surface area is 129 Å². The number of imide groups is 1. The molecule has 1 aliphatic heterocycles. The van der Waals surface area contributed by atoms with E-state index in [0.717, 1.165) is 0 Å². The number of alkyl halides is 1. The molecular weight excluding hydrogens is 370 g/mol. The third kappa shape index (κ3) is 4.60. The van der Waals surface area contributed by atoms with Gasteiger partial charge in [0.25, 0.3) is 0 Å². The number of rotatable bonds is 7. The average molecular weight is 383 g/mol. The summed E-state index contributed by atoms with van der Waals surface area (Å²) in [6, 6.07) is -1.87. The Hall–Kier alpha value is -1.29. The molecule has 0 aromatic rings. The van der Waals surface area contributed by atoms with E-state index < -0.39 is 55.8 Å². The Kier molecular flexibility index (Phi) is 5.62. The first-order valence-corrected chi connectivity index (χ1v) is 8.69. The number of amides is 2. The van der Waals surface area contributed by atoms with Gasteiger partial charge in [-0.2, -0.15) is 0 Å². The molecule has 1 heterocycles. The second-order valence-electron chi connectivity index (χ2n) is 4.65. The summed E-state index contributed by atoms with van der Waals surface area (Å²) in [5, 5.41) is 11.1. The van der Waals surface area contributed by atoms with Gasteiger partial charge in [-0.1, -0.05) is 15.9 Å². The van der Waals surface area contributed by atoms with Crippen molar-refractivity contribution in [3.05, 3.63) is 0 Å². The number of aliphatic carboxylic acids is 1. The maximum absolute atomic E-state index is 11.9. The molecule has 1 aliphatic rings. The van der Waals surface area contributed by atoms with Gasteiger partial charge in [-0.05, 0) is 6.92 Å². The molecule has 2 unspecified atom stereocenters. The zero-order chi connectivity index (χ0) is 16.4. The molecule has 0 radical (unpaired) electrons. The Morgan fingerprint density at radius 2 is 1.71 bits per heavy atom. The summed E-state index contributed by atoms with van der Waals surface area (Å²) < 4.78 is 23.8. The van der Waals surface area contributed by atoms with Gasteiger partial charge >= 0.3 is 0 Å². The third-order valence-corrected chi connectivity index (χ3v) is 5.99. The summed E-state index contributed by atoms with van der Waals surface area (Å²) >= 11 is 2.87. The number of carbonyl (C=O) groups excluding carboxylic acids is 4. The van der Waals surface area contributed by atoms with E-state index in [4.69, 9.17) is 0 Å². The molecular formula is C11H13BrNO7S-. The van der Waals surface area contributed by atoms with Gasteiger partial charge in [0.05, 0.1) is 28.3 Å². The number of nitrogens with zero attached hydrogens (tertiary/aromatic N) is 1. The number of hydrogen-bond donors (Lipinski definition) is 0. The van der Waals surface area contributed by atoms with Gasteiger partial charge in [-0.15, -0.1) is 0 Å². The highest BCUT2D eigenvalue weighted by Crippen LogP contribution is 2.17. The quantitative estimate of drug-likeness (QED) is 0.368. The largest absolute Gasteiger partial charge is 0.548 e. The summed E-state index contributed by atoms with van der Waals surface area (Å²) in [5.41, 5.74) is 0. The van der Waals surface area contributed by atoms with Crippen molar-refractivity contribution in [1.82, 2.24) is 4.90 Å². The first-order chi connectivity index (χ1) is 9.55. The fourth-order valence-corrected chi connectivity index (χ4v) is 4.63. The maximum Gasteiger partial charge on any atom is 0.230 e. The molecule has 0 saturated carbocycles. The van der Waals surface area contributed by atoms with E-state index in [1.165, 1.54) is 6.92 Å². The van der Waals surface area contributed by atoms with Gasteiger partial charge < -0.3 is 9.90 Å². The number of likely N-dealkylation sites (tertiary alicyclic amines) is 1. The van der Waals surface area contributed by atoms with Crippen LogP contribution in [0, 0.1) is 0 Å². The van der Waals surface area contributed by atoms with Crippen LogP contribution in [0.3, 0.4) is 0 Å². The first kappa shape index (κ1) is 17.8. The predicted octanol–water partition coefficient (Wildman–Crippen LogP) is -1.98. The summed E-state index contributed by atoms with van der Waals surface area (Å²) in [4.78, 5) is 44.6. The lowest BCUT2D eigenvalue weighted by molar-refractivity contribution is -0.310. The average Bonchev–Trinajstić information content (AvgIpc) is 2.65. The predicted molar refractivity (Wildman–Crippen MR) is 71.9 cm³/mol. The minimum Gasteiger partial charge on any atom is -0.548 e. The second kappa shape index (κ2) is 6.65.